The molecule has 1 aromatic carbocycles. The Balaban J connectivity index is 1.89. The second kappa shape index (κ2) is 9.93. The van der Waals surface area contributed by atoms with Crippen LogP contribution in [0.4, 0.5) is 5.69 Å². The summed E-state index contributed by atoms with van der Waals surface area (Å²) >= 11 is 10.8. The molecule has 0 atom stereocenters. The van der Waals surface area contributed by atoms with Crippen molar-refractivity contribution in [3.63, 3.8) is 0 Å². The first-order chi connectivity index (χ1) is 12.1. The lowest BCUT2D eigenvalue weighted by atomic mass is 10.2. The molecule has 0 saturated carbocycles. The van der Waals surface area contributed by atoms with Crippen molar-refractivity contribution in [2.24, 2.45) is 0 Å². The number of pyridine rings is 1. The van der Waals surface area contributed by atoms with E-state index in [1.165, 1.54) is 6.20 Å². The zero-order valence-corrected chi connectivity index (χ0v) is 15.2. The van der Waals surface area contributed by atoms with Crippen molar-refractivity contribution in [3.8, 4) is 5.75 Å². The maximum atomic E-state index is 12.3. The minimum absolute atomic E-state index is 0.164. The first-order valence-electron chi connectivity index (χ1n) is 7.63. The topological polar surface area (TPSA) is 72.5 Å². The van der Waals surface area contributed by atoms with Gasteiger partial charge in [0.05, 0.1) is 18.5 Å². The van der Waals surface area contributed by atoms with Gasteiger partial charge in [0, 0.05) is 12.2 Å². The molecule has 0 bridgehead atoms. The Labute approximate surface area is 156 Å². The standard InChI is InChI=1S/C17H18ClN3O3S/c1-2-23-8-9-24-14-5-3-4-12(10-14)16(22)21-17(25)20-13-6-7-15(18)19-11-13/h3-7,10-11H,2,8-9H2,1H3,(H2,20,21,22,25). The first kappa shape index (κ1) is 19.1. The van der Waals surface area contributed by atoms with Crippen LogP contribution in [0, 0.1) is 0 Å². The zero-order valence-electron chi connectivity index (χ0n) is 13.6. The number of carbonyl (C=O) groups excluding carboxylic acids is 1. The van der Waals surface area contributed by atoms with Crippen LogP contribution in [0.25, 0.3) is 0 Å². The highest BCUT2D eigenvalue weighted by molar-refractivity contribution is 7.80. The molecular weight excluding hydrogens is 362 g/mol. The highest BCUT2D eigenvalue weighted by Gasteiger charge is 2.09. The van der Waals surface area contributed by atoms with Gasteiger partial charge in [-0.25, -0.2) is 4.98 Å². The second-order valence-corrected chi connectivity index (χ2v) is 5.65. The number of nitrogens with zero attached hydrogens (tertiary/aromatic N) is 1. The fourth-order valence-electron chi connectivity index (χ4n) is 1.88. The van der Waals surface area contributed by atoms with E-state index in [9.17, 15) is 4.79 Å². The highest BCUT2D eigenvalue weighted by Crippen LogP contribution is 2.14. The Morgan fingerprint density at radius 2 is 2.12 bits per heavy atom. The minimum atomic E-state index is -0.338. The van der Waals surface area contributed by atoms with Crippen LogP contribution in [0.3, 0.4) is 0 Å². The normalized spacial score (nSPS) is 10.2. The summed E-state index contributed by atoms with van der Waals surface area (Å²) in [7, 11) is 0. The van der Waals surface area contributed by atoms with Crippen molar-refractivity contribution in [3.05, 3.63) is 53.3 Å². The molecule has 6 nitrogen and oxygen atoms in total. The highest BCUT2D eigenvalue weighted by atomic mass is 35.5. The summed E-state index contributed by atoms with van der Waals surface area (Å²) in [5.74, 6) is 0.253. The van der Waals surface area contributed by atoms with Crippen LogP contribution >= 0.6 is 23.8 Å². The number of nitrogens with one attached hydrogen (secondary N) is 2. The van der Waals surface area contributed by atoms with Crippen LogP contribution < -0.4 is 15.4 Å². The number of halogens is 1. The summed E-state index contributed by atoms with van der Waals surface area (Å²) < 4.78 is 10.7. The molecule has 0 aliphatic heterocycles. The molecule has 0 aliphatic rings. The van der Waals surface area contributed by atoms with Gasteiger partial charge in [-0.05, 0) is 49.5 Å². The van der Waals surface area contributed by atoms with E-state index in [0.29, 0.717) is 42.0 Å². The third kappa shape index (κ3) is 6.66. The zero-order chi connectivity index (χ0) is 18.1. The van der Waals surface area contributed by atoms with Gasteiger partial charge < -0.3 is 14.8 Å². The lowest BCUT2D eigenvalue weighted by molar-refractivity contribution is 0.0976. The molecule has 1 amide bonds. The molecule has 2 N–H and O–H groups in total. The van der Waals surface area contributed by atoms with Crippen LogP contribution in [0.5, 0.6) is 5.75 Å². The van der Waals surface area contributed by atoms with Crippen molar-refractivity contribution in [2.45, 2.75) is 6.92 Å². The van der Waals surface area contributed by atoms with Crippen molar-refractivity contribution in [1.29, 1.82) is 0 Å². The number of benzene rings is 1. The molecular formula is C17H18ClN3O3S. The minimum Gasteiger partial charge on any atom is -0.491 e. The monoisotopic (exact) mass is 379 g/mol. The average Bonchev–Trinajstić information content (AvgIpc) is 2.61. The van der Waals surface area contributed by atoms with E-state index in [-0.39, 0.29) is 11.0 Å². The largest absolute Gasteiger partial charge is 0.491 e. The summed E-state index contributed by atoms with van der Waals surface area (Å²) in [6.07, 6.45) is 1.52. The molecule has 25 heavy (non-hydrogen) atoms. The van der Waals surface area contributed by atoms with Gasteiger partial charge in [0.1, 0.15) is 17.5 Å². The molecule has 8 heteroatoms. The molecule has 2 aromatic rings. The van der Waals surface area contributed by atoms with Gasteiger partial charge in [-0.1, -0.05) is 17.7 Å². The Bertz CT molecular complexity index is 725. The number of rotatable bonds is 7. The SMILES string of the molecule is CCOCCOc1cccc(C(=O)NC(=S)Nc2ccc(Cl)nc2)c1. The lowest BCUT2D eigenvalue weighted by Crippen LogP contribution is -2.34. The van der Waals surface area contributed by atoms with E-state index in [2.05, 4.69) is 15.6 Å². The Kier molecular flexibility index (Phi) is 7.59. The molecule has 2 rings (SSSR count). The number of ether oxygens (including phenoxy) is 2. The third-order valence-electron chi connectivity index (χ3n) is 3.01. The number of amides is 1. The van der Waals surface area contributed by atoms with Gasteiger partial charge in [0.2, 0.25) is 0 Å². The Hall–Kier alpha value is -2.22. The van der Waals surface area contributed by atoms with Crippen LogP contribution in [-0.4, -0.2) is 35.8 Å². The van der Waals surface area contributed by atoms with Crippen molar-refractivity contribution < 1.29 is 14.3 Å². The van der Waals surface area contributed by atoms with E-state index in [0.717, 1.165) is 0 Å². The van der Waals surface area contributed by atoms with Gasteiger partial charge in [-0.2, -0.15) is 0 Å². The van der Waals surface area contributed by atoms with Crippen molar-refractivity contribution in [2.75, 3.05) is 25.1 Å². The fraction of sp³-hybridized carbons (Fsp3) is 0.235. The molecule has 132 valence electrons. The average molecular weight is 380 g/mol. The number of anilines is 1. The smallest absolute Gasteiger partial charge is 0.257 e. The predicted octanol–water partition coefficient (Wildman–Crippen LogP) is 3.28. The summed E-state index contributed by atoms with van der Waals surface area (Å²) in [5, 5.41) is 6.01. The van der Waals surface area contributed by atoms with E-state index >= 15 is 0 Å². The van der Waals surface area contributed by atoms with Gasteiger partial charge >= 0.3 is 0 Å². The molecule has 0 spiro atoms. The first-order valence-corrected chi connectivity index (χ1v) is 8.41. The van der Waals surface area contributed by atoms with Gasteiger partial charge in [0.15, 0.2) is 5.11 Å². The predicted molar refractivity (Wildman–Crippen MR) is 101 cm³/mol. The summed E-state index contributed by atoms with van der Waals surface area (Å²) in [4.78, 5) is 16.2. The van der Waals surface area contributed by atoms with Crippen LogP contribution in [0.2, 0.25) is 5.15 Å². The summed E-state index contributed by atoms with van der Waals surface area (Å²) in [5.41, 5.74) is 1.06. The molecule has 0 unspecified atom stereocenters. The van der Waals surface area contributed by atoms with E-state index in [1.54, 1.807) is 36.4 Å². The molecule has 0 saturated heterocycles. The number of hydrogen-bond donors (Lipinski definition) is 2. The molecule has 1 aromatic heterocycles. The summed E-state index contributed by atoms with van der Waals surface area (Å²) in [6, 6.07) is 10.2. The summed E-state index contributed by atoms with van der Waals surface area (Å²) in [6.45, 7) is 3.47. The molecule has 1 heterocycles. The van der Waals surface area contributed by atoms with E-state index in [1.807, 2.05) is 6.92 Å². The van der Waals surface area contributed by atoms with Crippen LogP contribution in [0.15, 0.2) is 42.6 Å². The number of hydrogen-bond acceptors (Lipinski definition) is 5. The Morgan fingerprint density at radius 1 is 1.28 bits per heavy atom. The van der Waals surface area contributed by atoms with E-state index in [4.69, 9.17) is 33.3 Å². The second-order valence-electron chi connectivity index (χ2n) is 4.85. The van der Waals surface area contributed by atoms with Gasteiger partial charge in [0.25, 0.3) is 5.91 Å². The van der Waals surface area contributed by atoms with E-state index < -0.39 is 0 Å². The van der Waals surface area contributed by atoms with Crippen LogP contribution in [-0.2, 0) is 4.74 Å². The maximum absolute atomic E-state index is 12.3. The molecule has 0 aliphatic carbocycles. The Morgan fingerprint density at radius 3 is 2.84 bits per heavy atom. The number of aromatic nitrogens is 1. The third-order valence-corrected chi connectivity index (χ3v) is 3.44. The lowest BCUT2D eigenvalue weighted by Gasteiger charge is -2.10. The van der Waals surface area contributed by atoms with Crippen molar-refractivity contribution >= 4 is 40.5 Å². The number of thiocarbonyl (C=S) groups is 1. The molecule has 0 fully saturated rings. The quantitative estimate of drug-likeness (QED) is 0.437. The van der Waals surface area contributed by atoms with Crippen LogP contribution in [0.1, 0.15) is 17.3 Å². The molecule has 0 radical (unpaired) electrons. The van der Waals surface area contributed by atoms with Gasteiger partial charge in [-0.15, -0.1) is 0 Å². The fourth-order valence-corrected chi connectivity index (χ4v) is 2.20. The van der Waals surface area contributed by atoms with Gasteiger partial charge in [-0.3, -0.25) is 10.1 Å². The number of carbonyl (C=O) groups is 1. The van der Waals surface area contributed by atoms with Crippen molar-refractivity contribution in [1.82, 2.24) is 10.3 Å². The maximum Gasteiger partial charge on any atom is 0.257 e.